The Morgan fingerprint density at radius 2 is 1.53 bits per heavy atom. The molecule has 0 bridgehead atoms. The second-order valence-electron chi connectivity index (χ2n) is 3.35. The van der Waals surface area contributed by atoms with Crippen LogP contribution in [0.5, 0.6) is 0 Å². The Hall–Kier alpha value is -1.67. The highest BCUT2D eigenvalue weighted by Crippen LogP contribution is 2.22. The summed E-state index contributed by atoms with van der Waals surface area (Å²) in [5.41, 5.74) is 1.76. The van der Waals surface area contributed by atoms with Crippen molar-refractivity contribution < 1.29 is 0 Å². The van der Waals surface area contributed by atoms with Crippen molar-refractivity contribution in [1.82, 2.24) is 9.97 Å². The smallest absolute Gasteiger partial charge is 0.129 e. The fourth-order valence-electron chi connectivity index (χ4n) is 1.70. The average Bonchev–Trinajstić information content (AvgIpc) is 2.41. The van der Waals surface area contributed by atoms with Gasteiger partial charge < -0.3 is 0 Å². The highest BCUT2D eigenvalue weighted by atomic mass is 35.5. The molecule has 3 heteroatoms. The van der Waals surface area contributed by atoms with Crippen LogP contribution in [-0.2, 0) is 0 Å². The van der Waals surface area contributed by atoms with Crippen molar-refractivity contribution in [2.45, 2.75) is 13.8 Å². The third-order valence-corrected chi connectivity index (χ3v) is 2.61. The van der Waals surface area contributed by atoms with Crippen molar-refractivity contribution >= 4 is 33.4 Å². The molecule has 0 N–H and O–H groups in total. The molecular weight excluding hydrogens is 232 g/mol. The number of rotatable bonds is 0. The second-order valence-corrected chi connectivity index (χ2v) is 3.73. The molecule has 17 heavy (non-hydrogen) atoms. The molecular formula is C14H13ClN2. The SMILES string of the molecule is CC.Clc1ccc2ccc3cccnc3c2n1. The Morgan fingerprint density at radius 3 is 2.29 bits per heavy atom. The molecule has 0 radical (unpaired) electrons. The van der Waals surface area contributed by atoms with Gasteiger partial charge in [-0.1, -0.05) is 43.6 Å². The zero-order valence-corrected chi connectivity index (χ0v) is 10.6. The molecule has 0 saturated heterocycles. The van der Waals surface area contributed by atoms with Crippen molar-refractivity contribution in [1.29, 1.82) is 0 Å². The Bertz CT molecular complexity index is 650. The molecule has 3 rings (SSSR count). The van der Waals surface area contributed by atoms with E-state index >= 15 is 0 Å². The first-order valence-electron chi connectivity index (χ1n) is 5.64. The lowest BCUT2D eigenvalue weighted by Gasteiger charge is -2.01. The largest absolute Gasteiger partial charge is 0.254 e. The van der Waals surface area contributed by atoms with Crippen molar-refractivity contribution in [2.24, 2.45) is 0 Å². The van der Waals surface area contributed by atoms with Gasteiger partial charge in [0.2, 0.25) is 0 Å². The van der Waals surface area contributed by atoms with Crippen LogP contribution in [0.4, 0.5) is 0 Å². The molecule has 2 heterocycles. The topological polar surface area (TPSA) is 25.8 Å². The molecule has 0 atom stereocenters. The maximum absolute atomic E-state index is 5.88. The number of hydrogen-bond acceptors (Lipinski definition) is 2. The molecule has 0 aliphatic carbocycles. The third kappa shape index (κ3) is 2.22. The first-order valence-corrected chi connectivity index (χ1v) is 6.02. The van der Waals surface area contributed by atoms with Gasteiger partial charge in [0.05, 0.1) is 11.0 Å². The van der Waals surface area contributed by atoms with Crippen molar-refractivity contribution in [3.8, 4) is 0 Å². The van der Waals surface area contributed by atoms with E-state index in [-0.39, 0.29) is 0 Å². The minimum absolute atomic E-state index is 0.501. The molecule has 2 nitrogen and oxygen atoms in total. The maximum Gasteiger partial charge on any atom is 0.129 e. The summed E-state index contributed by atoms with van der Waals surface area (Å²) in [7, 11) is 0. The summed E-state index contributed by atoms with van der Waals surface area (Å²) in [4.78, 5) is 8.64. The Morgan fingerprint density at radius 1 is 0.882 bits per heavy atom. The van der Waals surface area contributed by atoms with Gasteiger partial charge in [0, 0.05) is 17.0 Å². The molecule has 0 unspecified atom stereocenters. The van der Waals surface area contributed by atoms with Crippen LogP contribution in [0, 0.1) is 0 Å². The molecule has 0 amide bonds. The predicted molar refractivity (Wildman–Crippen MR) is 73.4 cm³/mol. The molecule has 0 fully saturated rings. The average molecular weight is 245 g/mol. The van der Waals surface area contributed by atoms with E-state index in [1.807, 2.05) is 44.2 Å². The zero-order chi connectivity index (χ0) is 12.3. The zero-order valence-electron chi connectivity index (χ0n) is 9.81. The number of benzene rings is 1. The van der Waals surface area contributed by atoms with E-state index in [9.17, 15) is 0 Å². The number of nitrogens with zero attached hydrogens (tertiary/aromatic N) is 2. The number of hydrogen-bond donors (Lipinski definition) is 0. The number of aromatic nitrogens is 2. The molecule has 1 aromatic carbocycles. The Labute approximate surface area is 105 Å². The van der Waals surface area contributed by atoms with E-state index in [2.05, 4.69) is 9.97 Å². The summed E-state index contributed by atoms with van der Waals surface area (Å²) in [6.07, 6.45) is 1.77. The lowest BCUT2D eigenvalue weighted by atomic mass is 10.1. The normalized spacial score (nSPS) is 10.1. The lowest BCUT2D eigenvalue weighted by molar-refractivity contribution is 1.37. The molecule has 3 aromatic rings. The molecule has 2 aromatic heterocycles. The van der Waals surface area contributed by atoms with Gasteiger partial charge in [-0.05, 0) is 18.2 Å². The Kier molecular flexibility index (Phi) is 3.55. The second kappa shape index (κ2) is 5.11. The highest BCUT2D eigenvalue weighted by molar-refractivity contribution is 6.30. The minimum atomic E-state index is 0.501. The van der Waals surface area contributed by atoms with Gasteiger partial charge in [-0.15, -0.1) is 0 Å². The van der Waals surface area contributed by atoms with Crippen LogP contribution >= 0.6 is 11.6 Å². The fraction of sp³-hybridized carbons (Fsp3) is 0.143. The van der Waals surface area contributed by atoms with E-state index in [0.29, 0.717) is 5.15 Å². The van der Waals surface area contributed by atoms with E-state index < -0.39 is 0 Å². The van der Waals surface area contributed by atoms with Crippen LogP contribution in [0.3, 0.4) is 0 Å². The van der Waals surface area contributed by atoms with Crippen LogP contribution in [0.25, 0.3) is 21.8 Å². The van der Waals surface area contributed by atoms with Crippen LogP contribution in [0.15, 0.2) is 42.6 Å². The minimum Gasteiger partial charge on any atom is -0.254 e. The predicted octanol–water partition coefficient (Wildman–Crippen LogP) is 4.46. The van der Waals surface area contributed by atoms with Gasteiger partial charge in [0.1, 0.15) is 5.15 Å². The lowest BCUT2D eigenvalue weighted by Crippen LogP contribution is -1.84. The number of halogens is 1. The number of pyridine rings is 2. The van der Waals surface area contributed by atoms with Crippen molar-refractivity contribution in [3.05, 3.63) is 47.7 Å². The van der Waals surface area contributed by atoms with E-state index in [4.69, 9.17) is 11.6 Å². The van der Waals surface area contributed by atoms with E-state index in [0.717, 1.165) is 21.8 Å². The summed E-state index contributed by atoms with van der Waals surface area (Å²) in [6.45, 7) is 4.00. The summed E-state index contributed by atoms with van der Waals surface area (Å²) in [5, 5.41) is 2.64. The van der Waals surface area contributed by atoms with E-state index in [1.54, 1.807) is 12.3 Å². The molecule has 86 valence electrons. The number of fused-ring (bicyclic) bond motifs is 3. The first kappa shape index (κ1) is 11.8. The summed E-state index contributed by atoms with van der Waals surface area (Å²) >= 11 is 5.88. The Balaban J connectivity index is 0.000000514. The van der Waals surface area contributed by atoms with Crippen LogP contribution in [0.2, 0.25) is 5.15 Å². The fourth-order valence-corrected chi connectivity index (χ4v) is 1.85. The molecule has 0 aliphatic rings. The van der Waals surface area contributed by atoms with Crippen molar-refractivity contribution in [2.75, 3.05) is 0 Å². The van der Waals surface area contributed by atoms with Crippen molar-refractivity contribution in [3.63, 3.8) is 0 Å². The quantitative estimate of drug-likeness (QED) is 0.431. The first-order chi connectivity index (χ1) is 8.34. The van der Waals surface area contributed by atoms with Crippen LogP contribution in [0.1, 0.15) is 13.8 Å². The maximum atomic E-state index is 5.88. The van der Waals surface area contributed by atoms with Gasteiger partial charge in [0.25, 0.3) is 0 Å². The summed E-state index contributed by atoms with van der Waals surface area (Å²) < 4.78 is 0. The van der Waals surface area contributed by atoms with E-state index in [1.165, 1.54) is 0 Å². The summed E-state index contributed by atoms with van der Waals surface area (Å²) in [5.74, 6) is 0. The molecule has 0 spiro atoms. The monoisotopic (exact) mass is 244 g/mol. The van der Waals surface area contributed by atoms with Gasteiger partial charge in [0.15, 0.2) is 0 Å². The molecule has 0 saturated carbocycles. The van der Waals surface area contributed by atoms with Gasteiger partial charge in [-0.25, -0.2) is 4.98 Å². The third-order valence-electron chi connectivity index (χ3n) is 2.40. The standard InChI is InChI=1S/C12H7ClN2.C2H6/c13-10-6-5-9-4-3-8-2-1-7-14-11(8)12(9)15-10;1-2/h1-7H;1-2H3. The summed E-state index contributed by atoms with van der Waals surface area (Å²) in [6, 6.07) is 11.8. The molecule has 0 aliphatic heterocycles. The van der Waals surface area contributed by atoms with Gasteiger partial charge in [-0.2, -0.15) is 0 Å². The van der Waals surface area contributed by atoms with Crippen LogP contribution < -0.4 is 0 Å². The van der Waals surface area contributed by atoms with Gasteiger partial charge >= 0.3 is 0 Å². The van der Waals surface area contributed by atoms with Gasteiger partial charge in [-0.3, -0.25) is 4.98 Å². The highest BCUT2D eigenvalue weighted by Gasteiger charge is 2.02. The van der Waals surface area contributed by atoms with Crippen LogP contribution in [-0.4, -0.2) is 9.97 Å².